The molecule has 2 atom stereocenters. The Bertz CT molecular complexity index is 1240. The van der Waals surface area contributed by atoms with Gasteiger partial charge in [0.25, 0.3) is 0 Å². The number of amides is 1. The number of nitrogens with two attached hydrogens (primary N) is 1. The lowest BCUT2D eigenvalue weighted by Gasteiger charge is -2.40. The van der Waals surface area contributed by atoms with Crippen molar-refractivity contribution in [3.8, 4) is 0 Å². The lowest BCUT2D eigenvalue weighted by atomic mass is 9.63. The van der Waals surface area contributed by atoms with Gasteiger partial charge in [-0.25, -0.2) is 4.79 Å². The smallest absolute Gasteiger partial charge is 0.341 e. The molecular weight excluding hydrogens is 436 g/mol. The number of carbonyl (C=O) groups excluding carboxylic acids is 3. The molecule has 0 fully saturated rings. The van der Waals surface area contributed by atoms with E-state index >= 15 is 0 Å². The van der Waals surface area contributed by atoms with Gasteiger partial charge in [0.1, 0.15) is 22.5 Å². The van der Waals surface area contributed by atoms with Crippen LogP contribution >= 0.6 is 0 Å². The van der Waals surface area contributed by atoms with Gasteiger partial charge in [0, 0.05) is 36.6 Å². The number of furan rings is 1. The summed E-state index contributed by atoms with van der Waals surface area (Å²) < 4.78 is 16.8. The Hall–Kier alpha value is -3.81. The second kappa shape index (κ2) is 8.20. The van der Waals surface area contributed by atoms with Crippen LogP contribution in [0.3, 0.4) is 0 Å². The maximum absolute atomic E-state index is 14.3. The zero-order valence-corrected chi connectivity index (χ0v) is 19.1. The number of fused-ring (bicyclic) bond motifs is 3. The summed E-state index contributed by atoms with van der Waals surface area (Å²) in [6, 6.07) is 10.8. The van der Waals surface area contributed by atoms with Crippen molar-refractivity contribution in [1.29, 1.82) is 0 Å². The predicted octanol–water partition coefficient (Wildman–Crippen LogP) is 3.44. The minimum atomic E-state index is -1.71. The predicted molar refractivity (Wildman–Crippen MR) is 122 cm³/mol. The topological polar surface area (TPSA) is 112 Å². The second-order valence-corrected chi connectivity index (χ2v) is 8.63. The highest BCUT2D eigenvalue weighted by molar-refractivity contribution is 6.23. The molecule has 0 unspecified atom stereocenters. The first kappa shape index (κ1) is 22.0. The average molecular weight is 463 g/mol. The molecule has 2 N–H and O–H groups in total. The van der Waals surface area contributed by atoms with Crippen LogP contribution < -0.4 is 10.6 Å². The first-order valence-electron chi connectivity index (χ1n) is 11.5. The van der Waals surface area contributed by atoms with Crippen LogP contribution in [-0.4, -0.2) is 30.8 Å². The van der Waals surface area contributed by atoms with Gasteiger partial charge in [-0.05, 0) is 31.5 Å². The van der Waals surface area contributed by atoms with E-state index in [9.17, 15) is 14.4 Å². The van der Waals surface area contributed by atoms with E-state index in [1.807, 2.05) is 25.1 Å². The third kappa shape index (κ3) is 2.94. The van der Waals surface area contributed by atoms with Crippen LogP contribution in [-0.2, 0) is 29.3 Å². The van der Waals surface area contributed by atoms with Crippen molar-refractivity contribution in [2.24, 2.45) is 5.73 Å². The summed E-state index contributed by atoms with van der Waals surface area (Å²) >= 11 is 0. The fourth-order valence-corrected chi connectivity index (χ4v) is 5.45. The van der Waals surface area contributed by atoms with Gasteiger partial charge >= 0.3 is 5.97 Å². The van der Waals surface area contributed by atoms with E-state index in [0.717, 1.165) is 0 Å². The molecule has 1 aromatic heterocycles. The van der Waals surface area contributed by atoms with Crippen LogP contribution in [0.4, 0.5) is 5.69 Å². The van der Waals surface area contributed by atoms with E-state index in [1.54, 1.807) is 36.3 Å². The fraction of sp³-hybridized carbons (Fsp3) is 0.346. The maximum Gasteiger partial charge on any atom is 0.341 e. The van der Waals surface area contributed by atoms with Crippen LogP contribution in [0.1, 0.15) is 50.4 Å². The molecule has 5 rings (SSSR count). The highest BCUT2D eigenvalue weighted by atomic mass is 16.5. The number of para-hydroxylation sites is 1. The molecule has 1 amide bonds. The molecular formula is C26H26N2O6. The molecule has 8 heteroatoms. The number of allylic oxidation sites excluding steroid dienone is 1. The van der Waals surface area contributed by atoms with E-state index in [-0.39, 0.29) is 47.7 Å². The van der Waals surface area contributed by atoms with Crippen molar-refractivity contribution in [1.82, 2.24) is 0 Å². The minimum absolute atomic E-state index is 0.0840. The third-order valence-electron chi connectivity index (χ3n) is 6.69. The average Bonchev–Trinajstić information content (AvgIpc) is 3.42. The number of benzene rings is 1. The number of Topliss-reactive ketones (excluding diaryl/α,β-unsaturated/α-hetero) is 1. The summed E-state index contributed by atoms with van der Waals surface area (Å²) in [4.78, 5) is 42.9. The largest absolute Gasteiger partial charge is 0.469 e. The highest BCUT2D eigenvalue weighted by Gasteiger charge is 2.64. The van der Waals surface area contributed by atoms with E-state index in [4.69, 9.17) is 19.6 Å². The first-order valence-corrected chi connectivity index (χ1v) is 11.5. The summed E-state index contributed by atoms with van der Waals surface area (Å²) in [7, 11) is 0. The van der Waals surface area contributed by atoms with Crippen molar-refractivity contribution in [3.63, 3.8) is 0 Å². The number of esters is 1. The highest BCUT2D eigenvalue weighted by Crippen LogP contribution is 2.57. The van der Waals surface area contributed by atoms with Gasteiger partial charge in [0.2, 0.25) is 11.8 Å². The van der Waals surface area contributed by atoms with Crippen molar-refractivity contribution in [3.05, 3.63) is 76.8 Å². The molecule has 1 aromatic carbocycles. The van der Waals surface area contributed by atoms with Crippen LogP contribution in [0.15, 0.2) is 69.9 Å². The molecule has 0 radical (unpaired) electrons. The molecule has 2 aromatic rings. The molecule has 3 aliphatic rings. The second-order valence-electron chi connectivity index (χ2n) is 8.63. The Morgan fingerprint density at radius 2 is 1.97 bits per heavy atom. The molecule has 176 valence electrons. The summed E-state index contributed by atoms with van der Waals surface area (Å²) in [6.45, 7) is 4.15. The van der Waals surface area contributed by atoms with Crippen LogP contribution in [0, 0.1) is 0 Å². The number of ketones is 1. The standard InChI is InChI=1S/C26H26N2O6/c1-3-11-28-17-9-6-5-8-16(17)26(25(28)31)21-18(29)13-15(19-10-7-12-33-19)14-20(21)34-23(27)22(26)24(30)32-4-2/h5-10,12,15H,3-4,11,13-14,27H2,1-2H3/t15-,26+/m0/s1. The third-order valence-corrected chi connectivity index (χ3v) is 6.69. The number of hydrogen-bond acceptors (Lipinski definition) is 7. The van der Waals surface area contributed by atoms with Crippen LogP contribution in [0.5, 0.6) is 0 Å². The van der Waals surface area contributed by atoms with Gasteiger partial charge in [0.15, 0.2) is 5.78 Å². The van der Waals surface area contributed by atoms with Crippen molar-refractivity contribution in [2.75, 3.05) is 18.1 Å². The van der Waals surface area contributed by atoms with Crippen molar-refractivity contribution >= 4 is 23.3 Å². The molecule has 0 saturated heterocycles. The molecule has 0 saturated carbocycles. The SMILES string of the molecule is CCCN1C(=O)[C@]2(C(C(=O)OCC)=C(N)OC3=C2C(=O)C[C@H](c2ccco2)C3)c2ccccc21. The van der Waals surface area contributed by atoms with Gasteiger partial charge in [-0.1, -0.05) is 25.1 Å². The Morgan fingerprint density at radius 1 is 1.18 bits per heavy atom. The first-order chi connectivity index (χ1) is 16.4. The van der Waals surface area contributed by atoms with Gasteiger partial charge in [-0.3, -0.25) is 9.59 Å². The Labute approximate surface area is 197 Å². The van der Waals surface area contributed by atoms with Crippen molar-refractivity contribution in [2.45, 2.75) is 44.4 Å². The number of ether oxygens (including phenoxy) is 2. The summed E-state index contributed by atoms with van der Waals surface area (Å²) in [5.41, 5.74) is 5.86. The monoisotopic (exact) mass is 462 g/mol. The molecule has 0 bridgehead atoms. The molecule has 3 heterocycles. The Kier molecular flexibility index (Phi) is 5.31. The normalized spacial score (nSPS) is 23.8. The summed E-state index contributed by atoms with van der Waals surface area (Å²) in [5, 5.41) is 0. The number of anilines is 1. The summed E-state index contributed by atoms with van der Waals surface area (Å²) in [6.07, 6.45) is 2.69. The van der Waals surface area contributed by atoms with Crippen LogP contribution in [0.25, 0.3) is 0 Å². The fourth-order valence-electron chi connectivity index (χ4n) is 5.45. The molecule has 34 heavy (non-hydrogen) atoms. The molecule has 1 spiro atoms. The lowest BCUT2D eigenvalue weighted by Crippen LogP contribution is -2.51. The molecule has 8 nitrogen and oxygen atoms in total. The molecule has 2 aliphatic heterocycles. The van der Waals surface area contributed by atoms with E-state index in [0.29, 0.717) is 42.2 Å². The number of hydrogen-bond donors (Lipinski definition) is 1. The lowest BCUT2D eigenvalue weighted by molar-refractivity contribution is -0.141. The number of rotatable bonds is 5. The maximum atomic E-state index is 14.3. The van der Waals surface area contributed by atoms with Gasteiger partial charge in [0.05, 0.1) is 18.4 Å². The Morgan fingerprint density at radius 3 is 2.68 bits per heavy atom. The summed E-state index contributed by atoms with van der Waals surface area (Å²) in [5.74, 6) is -0.957. The Balaban J connectivity index is 1.77. The van der Waals surface area contributed by atoms with E-state index in [1.165, 1.54) is 0 Å². The number of carbonyl (C=O) groups is 3. The van der Waals surface area contributed by atoms with Crippen LogP contribution in [0.2, 0.25) is 0 Å². The number of nitrogens with zero attached hydrogens (tertiary/aromatic N) is 1. The van der Waals surface area contributed by atoms with Crippen molar-refractivity contribution < 1.29 is 28.3 Å². The van der Waals surface area contributed by atoms with Gasteiger partial charge in [-0.2, -0.15) is 0 Å². The molecule has 1 aliphatic carbocycles. The van der Waals surface area contributed by atoms with Gasteiger partial charge < -0.3 is 24.5 Å². The van der Waals surface area contributed by atoms with E-state index in [2.05, 4.69) is 0 Å². The zero-order valence-electron chi connectivity index (χ0n) is 19.1. The van der Waals surface area contributed by atoms with E-state index < -0.39 is 11.4 Å². The van der Waals surface area contributed by atoms with Gasteiger partial charge in [-0.15, -0.1) is 0 Å². The zero-order chi connectivity index (χ0) is 24.0. The quantitative estimate of drug-likeness (QED) is 0.678. The minimum Gasteiger partial charge on any atom is -0.469 e.